The van der Waals surface area contributed by atoms with Crippen molar-refractivity contribution < 1.29 is 27.8 Å². The van der Waals surface area contributed by atoms with E-state index in [2.05, 4.69) is 18.7 Å². The molecule has 2 aromatic rings. The van der Waals surface area contributed by atoms with Crippen LogP contribution in [0.1, 0.15) is 76.3 Å². The van der Waals surface area contributed by atoms with Gasteiger partial charge in [-0.1, -0.05) is 38.5 Å². The number of alkyl halides is 3. The summed E-state index contributed by atoms with van der Waals surface area (Å²) >= 11 is 0. The second-order valence-electron chi connectivity index (χ2n) is 11.6. The molecule has 2 aromatic carbocycles. The first kappa shape index (κ1) is 25.4. The van der Waals surface area contributed by atoms with E-state index in [0.717, 1.165) is 44.1 Å². The number of ether oxygens (including phenoxy) is 1. The van der Waals surface area contributed by atoms with Gasteiger partial charge in [0.05, 0.1) is 12.0 Å². The molecule has 2 heterocycles. The number of nitrogens with zero attached hydrogens (tertiary/aromatic N) is 1. The summed E-state index contributed by atoms with van der Waals surface area (Å²) in [6.07, 6.45) is 2.28. The van der Waals surface area contributed by atoms with Gasteiger partial charge in [-0.25, -0.2) is 0 Å². The molecule has 2 saturated heterocycles. The number of benzene rings is 2. The number of carboxylic acid groups (broad SMARTS) is 1. The molecule has 5 rings (SSSR count). The Kier molecular flexibility index (Phi) is 6.96. The van der Waals surface area contributed by atoms with Gasteiger partial charge in [0.25, 0.3) is 0 Å². The van der Waals surface area contributed by atoms with Gasteiger partial charge < -0.3 is 9.84 Å². The molecule has 7 heteroatoms. The summed E-state index contributed by atoms with van der Waals surface area (Å²) in [4.78, 5) is 14.0. The summed E-state index contributed by atoms with van der Waals surface area (Å²) in [6.45, 7) is 4.91. The predicted molar refractivity (Wildman–Crippen MR) is 133 cm³/mol. The number of hydrogen-bond donors (Lipinski definition) is 1. The molecule has 0 aromatic heterocycles. The SMILES string of the molecule is C[C@@H]1C[C@H](C)C[C@@H](Oc2ccc3cc(CN4C5CCCC4CC(C(=O)O)C5)ccc3c2C(F)(F)F)C1. The summed E-state index contributed by atoms with van der Waals surface area (Å²) in [5, 5.41) is 10.2. The molecule has 2 unspecified atom stereocenters. The van der Waals surface area contributed by atoms with Crippen molar-refractivity contribution in [2.24, 2.45) is 17.8 Å². The summed E-state index contributed by atoms with van der Waals surface area (Å²) < 4.78 is 48.9. The van der Waals surface area contributed by atoms with Gasteiger partial charge in [-0.05, 0) is 85.3 Å². The van der Waals surface area contributed by atoms with E-state index in [4.69, 9.17) is 4.74 Å². The minimum absolute atomic E-state index is 0.0701. The Morgan fingerprint density at radius 1 is 1.00 bits per heavy atom. The van der Waals surface area contributed by atoms with Gasteiger partial charge >= 0.3 is 12.1 Å². The molecular formula is C29H36F3NO3. The Morgan fingerprint density at radius 2 is 1.67 bits per heavy atom. The van der Waals surface area contributed by atoms with Gasteiger partial charge in [0, 0.05) is 18.6 Å². The summed E-state index contributed by atoms with van der Waals surface area (Å²) in [7, 11) is 0. The average Bonchev–Trinajstić information content (AvgIpc) is 2.77. The molecule has 3 fully saturated rings. The molecule has 36 heavy (non-hydrogen) atoms. The predicted octanol–water partition coefficient (Wildman–Crippen LogP) is 7.28. The lowest BCUT2D eigenvalue weighted by Crippen LogP contribution is -2.52. The van der Waals surface area contributed by atoms with E-state index < -0.39 is 17.7 Å². The van der Waals surface area contributed by atoms with E-state index >= 15 is 0 Å². The smallest absolute Gasteiger partial charge is 0.420 e. The molecule has 1 saturated carbocycles. The summed E-state index contributed by atoms with van der Waals surface area (Å²) in [5.74, 6) is -0.199. The van der Waals surface area contributed by atoms with Crippen LogP contribution in [0.5, 0.6) is 5.75 Å². The highest BCUT2D eigenvalue weighted by atomic mass is 19.4. The molecule has 2 aliphatic heterocycles. The maximum Gasteiger partial charge on any atom is 0.420 e. The summed E-state index contributed by atoms with van der Waals surface area (Å²) in [5.41, 5.74) is 0.279. The maximum atomic E-state index is 14.3. The number of carbonyl (C=O) groups is 1. The fourth-order valence-electron chi connectivity index (χ4n) is 7.15. The molecule has 1 aliphatic carbocycles. The van der Waals surface area contributed by atoms with Crippen molar-refractivity contribution in [3.8, 4) is 5.75 Å². The van der Waals surface area contributed by atoms with Crippen LogP contribution in [0.4, 0.5) is 13.2 Å². The molecule has 0 spiro atoms. The highest BCUT2D eigenvalue weighted by Gasteiger charge is 2.41. The van der Waals surface area contributed by atoms with E-state index in [1.807, 2.05) is 6.07 Å². The van der Waals surface area contributed by atoms with E-state index in [1.165, 1.54) is 6.07 Å². The van der Waals surface area contributed by atoms with Crippen LogP contribution < -0.4 is 4.74 Å². The van der Waals surface area contributed by atoms with Gasteiger partial charge in [0.15, 0.2) is 0 Å². The van der Waals surface area contributed by atoms with Crippen LogP contribution in [0.25, 0.3) is 10.8 Å². The molecule has 3 aliphatic rings. The Balaban J connectivity index is 1.41. The van der Waals surface area contributed by atoms with E-state index in [0.29, 0.717) is 36.6 Å². The zero-order valence-corrected chi connectivity index (χ0v) is 21.1. The first-order chi connectivity index (χ1) is 17.1. The highest BCUT2D eigenvalue weighted by Crippen LogP contribution is 2.44. The highest BCUT2D eigenvalue weighted by molar-refractivity contribution is 5.89. The monoisotopic (exact) mass is 503 g/mol. The standard InChI is InChI=1S/C29H36F3NO3/c1-17-10-18(2)12-24(11-17)36-26-9-7-20-13-19(6-8-25(20)27(26)29(30,31)32)16-33-22-4-3-5-23(33)15-21(14-22)28(34)35/h6-9,13,17-18,21-24H,3-5,10-12,14-16H2,1-2H3,(H,34,35)/t17-,18+,21?,22?,23?,24+. The second kappa shape index (κ2) is 9.88. The van der Waals surface area contributed by atoms with Crippen LogP contribution in [0.15, 0.2) is 30.3 Å². The third-order valence-electron chi connectivity index (χ3n) is 8.60. The molecule has 0 amide bonds. The topological polar surface area (TPSA) is 49.8 Å². The maximum absolute atomic E-state index is 14.3. The van der Waals surface area contributed by atoms with Gasteiger partial charge in [-0.2, -0.15) is 13.2 Å². The van der Waals surface area contributed by atoms with Crippen molar-refractivity contribution in [2.75, 3.05) is 0 Å². The van der Waals surface area contributed by atoms with Crippen molar-refractivity contribution >= 4 is 16.7 Å². The number of rotatable bonds is 5. The average molecular weight is 504 g/mol. The van der Waals surface area contributed by atoms with Crippen molar-refractivity contribution in [1.82, 2.24) is 4.90 Å². The summed E-state index contributed by atoms with van der Waals surface area (Å²) in [6, 6.07) is 8.92. The fourth-order valence-corrected chi connectivity index (χ4v) is 7.15. The van der Waals surface area contributed by atoms with Crippen LogP contribution in [0, 0.1) is 17.8 Å². The quantitative estimate of drug-likeness (QED) is 0.466. The van der Waals surface area contributed by atoms with Crippen molar-refractivity contribution in [3.05, 3.63) is 41.5 Å². The third kappa shape index (κ3) is 5.22. The number of carboxylic acids is 1. The van der Waals surface area contributed by atoms with E-state index in [9.17, 15) is 23.1 Å². The van der Waals surface area contributed by atoms with Crippen molar-refractivity contribution in [3.63, 3.8) is 0 Å². The van der Waals surface area contributed by atoms with Gasteiger partial charge in [-0.15, -0.1) is 0 Å². The normalized spacial score (nSPS) is 31.4. The minimum atomic E-state index is -4.52. The molecule has 2 bridgehead atoms. The number of halogens is 3. The second-order valence-corrected chi connectivity index (χ2v) is 11.6. The zero-order chi connectivity index (χ0) is 25.6. The van der Waals surface area contributed by atoms with Crippen LogP contribution in [0.2, 0.25) is 0 Å². The van der Waals surface area contributed by atoms with Gasteiger partial charge in [0.1, 0.15) is 11.3 Å². The Morgan fingerprint density at radius 3 is 2.28 bits per heavy atom. The molecule has 5 atom stereocenters. The Hall–Kier alpha value is -2.28. The van der Waals surface area contributed by atoms with E-state index in [-0.39, 0.29) is 35.2 Å². The minimum Gasteiger partial charge on any atom is -0.490 e. The van der Waals surface area contributed by atoms with Crippen LogP contribution in [0.3, 0.4) is 0 Å². The number of fused-ring (bicyclic) bond motifs is 3. The lowest BCUT2D eigenvalue weighted by molar-refractivity contribution is -0.146. The molecule has 1 N–H and O–H groups in total. The Bertz CT molecular complexity index is 1090. The van der Waals surface area contributed by atoms with Crippen LogP contribution >= 0.6 is 0 Å². The van der Waals surface area contributed by atoms with Gasteiger partial charge in [0.2, 0.25) is 0 Å². The molecule has 0 radical (unpaired) electrons. The number of aliphatic carboxylic acids is 1. The number of hydrogen-bond acceptors (Lipinski definition) is 3. The van der Waals surface area contributed by atoms with Crippen molar-refractivity contribution in [2.45, 2.75) is 96.1 Å². The number of piperidine rings is 2. The van der Waals surface area contributed by atoms with Crippen molar-refractivity contribution in [1.29, 1.82) is 0 Å². The molecular weight excluding hydrogens is 467 g/mol. The van der Waals surface area contributed by atoms with Gasteiger partial charge in [-0.3, -0.25) is 9.69 Å². The first-order valence-corrected chi connectivity index (χ1v) is 13.4. The fraction of sp³-hybridized carbons (Fsp3) is 0.621. The van der Waals surface area contributed by atoms with E-state index in [1.54, 1.807) is 18.2 Å². The Labute approximate surface area is 210 Å². The van der Waals surface area contributed by atoms with Crippen LogP contribution in [-0.2, 0) is 17.5 Å². The molecule has 4 nitrogen and oxygen atoms in total. The molecule has 196 valence electrons. The zero-order valence-electron chi connectivity index (χ0n) is 21.1. The largest absolute Gasteiger partial charge is 0.490 e. The lowest BCUT2D eigenvalue weighted by atomic mass is 9.78. The lowest BCUT2D eigenvalue weighted by Gasteiger charge is -2.48. The van der Waals surface area contributed by atoms with Crippen LogP contribution in [-0.4, -0.2) is 34.2 Å². The third-order valence-corrected chi connectivity index (χ3v) is 8.60. The first-order valence-electron chi connectivity index (χ1n) is 13.4.